The molecule has 0 aromatic carbocycles. The Hall–Kier alpha value is -0.0900. The lowest BCUT2D eigenvalue weighted by atomic mass is 11.2. The summed E-state index contributed by atoms with van der Waals surface area (Å²) < 4.78 is 11.9. The molecule has 3 nitrogen and oxygen atoms in total. The molecule has 0 bridgehead atoms. The number of rotatable bonds is 0. The van der Waals surface area contributed by atoms with Crippen LogP contribution in [0, 0.1) is 0 Å². The first kappa shape index (κ1) is 8.91. The predicted octanol–water partition coefficient (Wildman–Crippen LogP) is 1.20. The van der Waals surface area contributed by atoms with E-state index in [1.54, 1.807) is 0 Å². The maximum atomic E-state index is 5.09. The molecule has 0 spiro atoms. The molecule has 0 unspecified atom stereocenters. The van der Waals surface area contributed by atoms with Crippen molar-refractivity contribution < 1.29 is 4.74 Å². The molecule has 0 N–H and O–H groups in total. The smallest absolute Gasteiger partial charge is 0.334 e. The van der Waals surface area contributed by atoms with Gasteiger partial charge in [-0.05, 0) is 12.5 Å². The first-order valence-electron chi connectivity index (χ1n) is 2.23. The number of hydrogen-bond acceptors (Lipinski definition) is 2. The van der Waals surface area contributed by atoms with Gasteiger partial charge in [-0.15, -0.1) is 4.51 Å². The summed E-state index contributed by atoms with van der Waals surface area (Å²) in [5.41, 5.74) is 0. The Labute approximate surface area is 62.3 Å². The van der Waals surface area contributed by atoms with Crippen molar-refractivity contribution in [2.45, 2.75) is 0 Å². The van der Waals surface area contributed by atoms with Gasteiger partial charge in [-0.3, -0.25) is 0 Å². The van der Waals surface area contributed by atoms with E-state index in [0.29, 0.717) is 0 Å². The van der Waals surface area contributed by atoms with E-state index < -0.39 is 0 Å². The van der Waals surface area contributed by atoms with Crippen LogP contribution in [0.3, 0.4) is 0 Å². The van der Waals surface area contributed by atoms with Gasteiger partial charge in [-0.25, -0.2) is 0 Å². The third-order valence-electron chi connectivity index (χ3n) is 0.516. The lowest BCUT2D eigenvalue weighted by Crippen LogP contribution is -1.96. The molecule has 0 aliphatic heterocycles. The third kappa shape index (κ3) is 4.42. The molecule has 0 saturated heterocycles. The minimum atomic E-state index is -0.0606. The fourth-order valence-corrected chi connectivity index (χ4v) is 0.823. The summed E-state index contributed by atoms with van der Waals surface area (Å²) in [6.07, 6.45) is 3.89. The monoisotopic (exact) mass is 168 g/mol. The molecule has 0 fully saturated rings. The van der Waals surface area contributed by atoms with Crippen LogP contribution in [0.5, 0.6) is 0 Å². The van der Waals surface area contributed by atoms with E-state index in [9.17, 15) is 0 Å². The molecule has 0 atom stereocenters. The van der Waals surface area contributed by atoms with Crippen molar-refractivity contribution in [2.24, 2.45) is 8.87 Å². The number of ether oxygens (including phenoxy) is 1. The zero-order valence-corrected chi connectivity index (χ0v) is 7.16. The molecule has 0 aliphatic rings. The second-order valence-electron chi connectivity index (χ2n) is 1.44. The summed E-state index contributed by atoms with van der Waals surface area (Å²) in [6, 6.07) is 0.241. The summed E-state index contributed by atoms with van der Waals surface area (Å²) in [5.74, 6) is 0. The number of amidine groups is 1. The Morgan fingerprint density at radius 2 is 2.11 bits per heavy atom. The van der Waals surface area contributed by atoms with E-state index >= 15 is 0 Å². The van der Waals surface area contributed by atoms with E-state index in [0.717, 1.165) is 0 Å². The fourth-order valence-electron chi connectivity index (χ4n) is 0.243. The highest BCUT2D eigenvalue weighted by Crippen LogP contribution is 1.88. The largest absolute Gasteiger partial charge is 0.466 e. The Balaban J connectivity index is 4.01. The molecular formula is C4H9ClN2OS. The normalized spacial score (nSPS) is 11.9. The quantitative estimate of drug-likeness (QED) is 0.396. The second kappa shape index (κ2) is 4.76. The molecule has 54 valence electrons. The molecule has 0 aromatic heterocycles. The average Bonchev–Trinajstić information content (AvgIpc) is 1.82. The van der Waals surface area contributed by atoms with Crippen molar-refractivity contribution in [1.29, 1.82) is 0 Å². The lowest BCUT2D eigenvalue weighted by molar-refractivity contribution is 0.399. The van der Waals surface area contributed by atoms with E-state index in [-0.39, 0.29) is 16.7 Å². The highest BCUT2D eigenvalue weighted by Gasteiger charge is 1.89. The molecule has 0 heterocycles. The Kier molecular flexibility index (Phi) is 4.71. The second-order valence-corrected chi connectivity index (χ2v) is 3.33. The Bertz CT molecular complexity index is 142. The standard InChI is InChI=1S/C4H9ClN2OS/c1-8-4(6-5)7-9(2)3/h1-3H3/b6-4+. The first-order valence-corrected chi connectivity index (χ1v) is 4.56. The van der Waals surface area contributed by atoms with Gasteiger partial charge in [-0.2, -0.15) is 4.36 Å². The van der Waals surface area contributed by atoms with Gasteiger partial charge in [0.15, 0.2) is 0 Å². The van der Waals surface area contributed by atoms with Crippen molar-refractivity contribution >= 4 is 28.5 Å². The van der Waals surface area contributed by atoms with Gasteiger partial charge in [0.2, 0.25) is 0 Å². The highest BCUT2D eigenvalue weighted by atomic mass is 35.5. The molecule has 0 saturated carbocycles. The number of nitrogens with zero attached hydrogens (tertiary/aromatic N) is 2. The molecule has 0 aliphatic carbocycles. The van der Waals surface area contributed by atoms with E-state index in [2.05, 4.69) is 13.6 Å². The molecule has 0 rings (SSSR count). The first-order chi connectivity index (χ1) is 4.20. The van der Waals surface area contributed by atoms with Crippen molar-refractivity contribution in [2.75, 3.05) is 19.6 Å². The molecule has 0 amide bonds. The highest BCUT2D eigenvalue weighted by molar-refractivity contribution is 7.86. The van der Waals surface area contributed by atoms with Gasteiger partial charge < -0.3 is 4.74 Å². The van der Waals surface area contributed by atoms with Crippen LogP contribution in [-0.2, 0) is 15.4 Å². The topological polar surface area (TPSA) is 34.0 Å². The Morgan fingerprint density at radius 3 is 2.22 bits per heavy atom. The van der Waals surface area contributed by atoms with E-state index in [4.69, 9.17) is 11.8 Å². The molecular weight excluding hydrogens is 160 g/mol. The summed E-state index contributed by atoms with van der Waals surface area (Å²) in [7, 11) is 1.42. The summed E-state index contributed by atoms with van der Waals surface area (Å²) in [6.45, 7) is 0. The minimum absolute atomic E-state index is 0.0606. The zero-order valence-electron chi connectivity index (χ0n) is 5.59. The Morgan fingerprint density at radius 1 is 1.56 bits per heavy atom. The zero-order chi connectivity index (χ0) is 7.28. The van der Waals surface area contributed by atoms with E-state index in [1.165, 1.54) is 7.11 Å². The van der Waals surface area contributed by atoms with Gasteiger partial charge in [0.1, 0.15) is 0 Å². The fraction of sp³-hybridized carbons (Fsp3) is 0.750. The summed E-state index contributed by atoms with van der Waals surface area (Å²) in [4.78, 5) is 0. The minimum Gasteiger partial charge on any atom is -0.466 e. The lowest BCUT2D eigenvalue weighted by Gasteiger charge is -1.94. The SMILES string of the molecule is CO/C(N=S(C)C)=N/Cl. The van der Waals surface area contributed by atoms with Crippen LogP contribution in [0.1, 0.15) is 0 Å². The van der Waals surface area contributed by atoms with Crippen LogP contribution in [0.2, 0.25) is 0 Å². The van der Waals surface area contributed by atoms with Gasteiger partial charge >= 0.3 is 6.02 Å². The van der Waals surface area contributed by atoms with Crippen LogP contribution in [0.25, 0.3) is 0 Å². The van der Waals surface area contributed by atoms with Crippen LogP contribution in [0.15, 0.2) is 8.87 Å². The van der Waals surface area contributed by atoms with Crippen molar-refractivity contribution in [3.05, 3.63) is 0 Å². The number of halogens is 1. The van der Waals surface area contributed by atoms with Gasteiger partial charge in [0, 0.05) is 11.8 Å². The van der Waals surface area contributed by atoms with Gasteiger partial charge in [-0.1, -0.05) is 10.7 Å². The van der Waals surface area contributed by atoms with E-state index in [1.807, 2.05) is 12.5 Å². The molecule has 0 aromatic rings. The van der Waals surface area contributed by atoms with Crippen molar-refractivity contribution in [3.63, 3.8) is 0 Å². The molecule has 0 radical (unpaired) electrons. The summed E-state index contributed by atoms with van der Waals surface area (Å²) >= 11 is 5.09. The average molecular weight is 169 g/mol. The predicted molar refractivity (Wildman–Crippen MR) is 41.9 cm³/mol. The maximum absolute atomic E-state index is 5.09. The van der Waals surface area contributed by atoms with Crippen LogP contribution in [-0.4, -0.2) is 25.6 Å². The molecule has 5 heteroatoms. The van der Waals surface area contributed by atoms with Gasteiger partial charge in [0.05, 0.1) is 7.11 Å². The van der Waals surface area contributed by atoms with Gasteiger partial charge in [0.25, 0.3) is 0 Å². The molecule has 9 heavy (non-hydrogen) atoms. The number of hydrogen-bond donors (Lipinski definition) is 0. The number of methoxy groups -OCH3 is 1. The summed E-state index contributed by atoms with van der Waals surface area (Å²) in [5, 5.41) is 0. The maximum Gasteiger partial charge on any atom is 0.334 e. The van der Waals surface area contributed by atoms with Crippen LogP contribution < -0.4 is 0 Å². The third-order valence-corrected chi connectivity index (χ3v) is 1.18. The van der Waals surface area contributed by atoms with Crippen LogP contribution >= 0.6 is 11.8 Å². The van der Waals surface area contributed by atoms with Crippen LogP contribution in [0.4, 0.5) is 0 Å². The van der Waals surface area contributed by atoms with Crippen molar-refractivity contribution in [1.82, 2.24) is 0 Å². The van der Waals surface area contributed by atoms with Crippen molar-refractivity contribution in [3.8, 4) is 0 Å².